The zero-order chi connectivity index (χ0) is 13.6. The van der Waals surface area contributed by atoms with Crippen molar-refractivity contribution < 1.29 is 17.9 Å². The van der Waals surface area contributed by atoms with Crippen molar-refractivity contribution >= 4 is 15.9 Å². The molecule has 0 fully saturated rings. The number of benzene rings is 1. The molecule has 0 atom stereocenters. The van der Waals surface area contributed by atoms with E-state index in [9.17, 15) is 13.2 Å². The minimum atomic E-state index is -4.30. The number of ether oxygens (including phenoxy) is 1. The molecular formula is C13H16BrF3O. The lowest BCUT2D eigenvalue weighted by Crippen LogP contribution is -2.07. The van der Waals surface area contributed by atoms with Crippen molar-refractivity contribution in [2.45, 2.75) is 32.4 Å². The van der Waals surface area contributed by atoms with Gasteiger partial charge in [-0.2, -0.15) is 13.2 Å². The lowest BCUT2D eigenvalue weighted by atomic mass is 10.1. The number of hydrogen-bond acceptors (Lipinski definition) is 1. The van der Waals surface area contributed by atoms with E-state index < -0.39 is 11.7 Å². The third kappa shape index (κ3) is 4.52. The van der Waals surface area contributed by atoms with E-state index in [0.717, 1.165) is 24.2 Å². The van der Waals surface area contributed by atoms with Crippen LogP contribution in [-0.4, -0.2) is 11.9 Å². The van der Waals surface area contributed by atoms with Crippen molar-refractivity contribution in [3.05, 3.63) is 29.3 Å². The molecule has 0 aliphatic rings. The van der Waals surface area contributed by atoms with Crippen LogP contribution < -0.4 is 4.74 Å². The van der Waals surface area contributed by atoms with Gasteiger partial charge in [-0.1, -0.05) is 22.9 Å². The molecule has 0 aromatic heterocycles. The van der Waals surface area contributed by atoms with Gasteiger partial charge in [0.25, 0.3) is 0 Å². The van der Waals surface area contributed by atoms with Gasteiger partial charge in [0.2, 0.25) is 0 Å². The van der Waals surface area contributed by atoms with Crippen LogP contribution in [0.25, 0.3) is 0 Å². The number of hydrogen-bond donors (Lipinski definition) is 0. The standard InChI is InChI=1S/C13H16BrF3O/c1-2-8-18-12-6-5-11(13(15,16)17)9-10(12)4-3-7-14/h5-6,9H,2-4,7-8H2,1H3. The zero-order valence-electron chi connectivity index (χ0n) is 10.2. The van der Waals surface area contributed by atoms with Crippen molar-refractivity contribution in [2.24, 2.45) is 0 Å². The maximum atomic E-state index is 12.6. The average molecular weight is 325 g/mol. The van der Waals surface area contributed by atoms with Crippen molar-refractivity contribution in [2.75, 3.05) is 11.9 Å². The van der Waals surface area contributed by atoms with Crippen LogP contribution in [0.2, 0.25) is 0 Å². The molecule has 0 saturated heterocycles. The van der Waals surface area contributed by atoms with Crippen molar-refractivity contribution in [3.8, 4) is 5.75 Å². The Hall–Kier alpha value is -0.710. The summed E-state index contributed by atoms with van der Waals surface area (Å²) in [6.45, 7) is 2.48. The van der Waals surface area contributed by atoms with E-state index in [1.54, 1.807) is 0 Å². The maximum absolute atomic E-state index is 12.6. The highest BCUT2D eigenvalue weighted by atomic mass is 79.9. The SMILES string of the molecule is CCCOc1ccc(C(F)(F)F)cc1CCCBr. The van der Waals surface area contributed by atoms with Crippen LogP contribution in [-0.2, 0) is 12.6 Å². The van der Waals surface area contributed by atoms with E-state index >= 15 is 0 Å². The Kier molecular flexibility index (Phi) is 5.99. The molecule has 5 heteroatoms. The minimum Gasteiger partial charge on any atom is -0.493 e. The van der Waals surface area contributed by atoms with E-state index in [4.69, 9.17) is 4.74 Å². The summed E-state index contributed by atoms with van der Waals surface area (Å²) in [5.74, 6) is 0.561. The first kappa shape index (κ1) is 15.3. The second kappa shape index (κ2) is 7.02. The normalized spacial score (nSPS) is 11.6. The number of rotatable bonds is 6. The summed E-state index contributed by atoms with van der Waals surface area (Å²) < 4.78 is 43.3. The van der Waals surface area contributed by atoms with Crippen LogP contribution in [0.15, 0.2) is 18.2 Å². The Morgan fingerprint density at radius 1 is 1.28 bits per heavy atom. The summed E-state index contributed by atoms with van der Waals surface area (Å²) in [7, 11) is 0. The number of halogens is 4. The van der Waals surface area contributed by atoms with Crippen LogP contribution >= 0.6 is 15.9 Å². The summed E-state index contributed by atoms with van der Waals surface area (Å²) >= 11 is 3.28. The molecule has 1 nitrogen and oxygen atoms in total. The van der Waals surface area contributed by atoms with Crippen LogP contribution in [0, 0.1) is 0 Å². The van der Waals surface area contributed by atoms with Crippen molar-refractivity contribution in [1.29, 1.82) is 0 Å². The molecular weight excluding hydrogens is 309 g/mol. The third-order valence-corrected chi connectivity index (χ3v) is 2.99. The fourth-order valence-corrected chi connectivity index (χ4v) is 1.84. The average Bonchev–Trinajstić information content (AvgIpc) is 2.33. The Labute approximate surface area is 113 Å². The Morgan fingerprint density at radius 2 is 2.00 bits per heavy atom. The minimum absolute atomic E-state index is 0.521. The van der Waals surface area contributed by atoms with Crippen molar-refractivity contribution in [3.63, 3.8) is 0 Å². The van der Waals surface area contributed by atoms with Gasteiger partial charge in [0.05, 0.1) is 12.2 Å². The van der Waals surface area contributed by atoms with Gasteiger partial charge in [0.1, 0.15) is 5.75 Å². The largest absolute Gasteiger partial charge is 0.493 e. The van der Waals surface area contributed by atoms with Gasteiger partial charge >= 0.3 is 6.18 Å². The van der Waals surface area contributed by atoms with Gasteiger partial charge in [-0.25, -0.2) is 0 Å². The predicted molar refractivity (Wildman–Crippen MR) is 69.3 cm³/mol. The Bertz CT molecular complexity index is 377. The molecule has 18 heavy (non-hydrogen) atoms. The summed E-state index contributed by atoms with van der Waals surface area (Å²) in [6.07, 6.45) is -2.11. The molecule has 102 valence electrons. The quantitative estimate of drug-likeness (QED) is 0.681. The fourth-order valence-electron chi connectivity index (χ4n) is 1.56. The first-order chi connectivity index (χ1) is 8.49. The molecule has 0 aliphatic heterocycles. The monoisotopic (exact) mass is 324 g/mol. The highest BCUT2D eigenvalue weighted by Crippen LogP contribution is 2.33. The fraction of sp³-hybridized carbons (Fsp3) is 0.538. The van der Waals surface area contributed by atoms with E-state index in [1.807, 2.05) is 6.92 Å². The molecule has 0 unspecified atom stereocenters. The van der Waals surface area contributed by atoms with E-state index in [2.05, 4.69) is 15.9 Å². The first-order valence-corrected chi connectivity index (χ1v) is 7.00. The van der Waals surface area contributed by atoms with Gasteiger partial charge in [-0.05, 0) is 43.0 Å². The predicted octanol–water partition coefficient (Wildman–Crippen LogP) is 4.82. The topological polar surface area (TPSA) is 9.23 Å². The summed E-state index contributed by atoms with van der Waals surface area (Å²) in [6, 6.07) is 3.68. The lowest BCUT2D eigenvalue weighted by Gasteiger charge is -2.14. The maximum Gasteiger partial charge on any atom is 0.416 e. The van der Waals surface area contributed by atoms with Gasteiger partial charge < -0.3 is 4.74 Å². The Morgan fingerprint density at radius 3 is 2.56 bits per heavy atom. The van der Waals surface area contributed by atoms with E-state index in [1.165, 1.54) is 12.1 Å². The molecule has 1 rings (SSSR count). The van der Waals surface area contributed by atoms with Gasteiger partial charge in [-0.15, -0.1) is 0 Å². The second-order valence-corrected chi connectivity index (χ2v) is 4.75. The molecule has 0 heterocycles. The van der Waals surface area contributed by atoms with Gasteiger partial charge in [0, 0.05) is 5.33 Å². The molecule has 0 N–H and O–H groups in total. The Balaban J connectivity index is 2.96. The first-order valence-electron chi connectivity index (χ1n) is 5.88. The van der Waals surface area contributed by atoms with E-state index in [0.29, 0.717) is 24.3 Å². The number of alkyl halides is 4. The molecule has 0 aliphatic carbocycles. The van der Waals surface area contributed by atoms with Crippen molar-refractivity contribution in [1.82, 2.24) is 0 Å². The van der Waals surface area contributed by atoms with E-state index in [-0.39, 0.29) is 0 Å². The molecule has 0 amide bonds. The van der Waals surface area contributed by atoms with Gasteiger partial charge in [0.15, 0.2) is 0 Å². The third-order valence-electron chi connectivity index (χ3n) is 2.43. The zero-order valence-corrected chi connectivity index (χ0v) is 11.8. The van der Waals surface area contributed by atoms with Crippen LogP contribution in [0.4, 0.5) is 13.2 Å². The second-order valence-electron chi connectivity index (χ2n) is 3.96. The van der Waals surface area contributed by atoms with Crippen LogP contribution in [0.1, 0.15) is 30.9 Å². The highest BCUT2D eigenvalue weighted by molar-refractivity contribution is 9.09. The molecule has 1 aromatic rings. The lowest BCUT2D eigenvalue weighted by molar-refractivity contribution is -0.137. The molecule has 1 aromatic carbocycles. The van der Waals surface area contributed by atoms with Crippen LogP contribution in [0.5, 0.6) is 5.75 Å². The smallest absolute Gasteiger partial charge is 0.416 e. The summed E-state index contributed by atoms with van der Waals surface area (Å²) in [4.78, 5) is 0. The molecule has 0 saturated carbocycles. The molecule has 0 bridgehead atoms. The highest BCUT2D eigenvalue weighted by Gasteiger charge is 2.31. The number of aryl methyl sites for hydroxylation is 1. The molecule has 0 radical (unpaired) electrons. The summed E-state index contributed by atoms with van der Waals surface area (Å²) in [5, 5.41) is 0.760. The van der Waals surface area contributed by atoms with Crippen LogP contribution in [0.3, 0.4) is 0 Å². The van der Waals surface area contributed by atoms with Gasteiger partial charge in [-0.3, -0.25) is 0 Å². The summed E-state index contributed by atoms with van der Waals surface area (Å²) in [5.41, 5.74) is 0.00801. The molecule has 0 spiro atoms.